The molecule has 0 spiro atoms. The van der Waals surface area contributed by atoms with E-state index in [1.807, 2.05) is 20.8 Å². The maximum Gasteiger partial charge on any atom is 0.500 e. The Hall–Kier alpha value is -0.203. The molecule has 0 amide bonds. The van der Waals surface area contributed by atoms with Crippen LogP contribution < -0.4 is 0 Å². The summed E-state index contributed by atoms with van der Waals surface area (Å²) in [4.78, 5) is 1.42. The predicted molar refractivity (Wildman–Crippen MR) is 78.1 cm³/mol. The van der Waals surface area contributed by atoms with Crippen molar-refractivity contribution in [2.24, 2.45) is 0 Å². The van der Waals surface area contributed by atoms with Gasteiger partial charge < -0.3 is 13.3 Å². The van der Waals surface area contributed by atoms with Gasteiger partial charge in [-0.15, -0.1) is 11.3 Å². The highest BCUT2D eigenvalue weighted by atomic mass is 32.1. The lowest BCUT2D eigenvalue weighted by atomic mass is 10.3. The molecule has 0 aliphatic heterocycles. The highest BCUT2D eigenvalue weighted by Crippen LogP contribution is 2.21. The molecule has 1 heterocycles. The first kappa shape index (κ1) is 15.9. The predicted octanol–water partition coefficient (Wildman–Crippen LogP) is 3.73. The zero-order valence-corrected chi connectivity index (χ0v) is 13.4. The summed E-state index contributed by atoms with van der Waals surface area (Å²) in [5.74, 6) is 0. The molecule has 3 nitrogen and oxygen atoms in total. The van der Waals surface area contributed by atoms with Crippen LogP contribution in [0, 0.1) is 0 Å². The standard InChI is InChI=1S/C13H24O3SSi/c1-4-14-18(15-5-2,16-6-3)12-8-10-13-9-7-11-17-13/h7,9,11H,4-6,8,10,12H2,1-3H3. The average molecular weight is 288 g/mol. The molecule has 1 aromatic rings. The monoisotopic (exact) mass is 288 g/mol. The van der Waals surface area contributed by atoms with E-state index in [9.17, 15) is 0 Å². The van der Waals surface area contributed by atoms with Crippen molar-refractivity contribution in [2.45, 2.75) is 39.7 Å². The fraction of sp³-hybridized carbons (Fsp3) is 0.692. The summed E-state index contributed by atoms with van der Waals surface area (Å²) in [7, 11) is -2.42. The van der Waals surface area contributed by atoms with Crippen molar-refractivity contribution in [3.05, 3.63) is 22.4 Å². The van der Waals surface area contributed by atoms with E-state index in [0.29, 0.717) is 19.8 Å². The number of hydrogen-bond donors (Lipinski definition) is 0. The summed E-state index contributed by atoms with van der Waals surface area (Å²) in [6, 6.07) is 5.18. The van der Waals surface area contributed by atoms with Crippen LogP contribution in [0.4, 0.5) is 0 Å². The Balaban J connectivity index is 2.47. The minimum absolute atomic E-state index is 0.658. The van der Waals surface area contributed by atoms with E-state index in [0.717, 1.165) is 18.9 Å². The van der Waals surface area contributed by atoms with E-state index in [4.69, 9.17) is 13.3 Å². The van der Waals surface area contributed by atoms with Gasteiger partial charge in [-0.1, -0.05) is 6.07 Å². The van der Waals surface area contributed by atoms with Crippen LogP contribution in [0.1, 0.15) is 32.1 Å². The molecular formula is C13H24O3SSi. The van der Waals surface area contributed by atoms with E-state index in [2.05, 4.69) is 17.5 Å². The third-order valence-corrected chi connectivity index (χ3v) is 6.67. The molecule has 0 saturated heterocycles. The van der Waals surface area contributed by atoms with Gasteiger partial charge in [0.1, 0.15) is 0 Å². The zero-order valence-electron chi connectivity index (χ0n) is 11.6. The Morgan fingerprint density at radius 1 is 1.06 bits per heavy atom. The number of rotatable bonds is 10. The zero-order chi connectivity index (χ0) is 13.3. The third-order valence-electron chi connectivity index (χ3n) is 2.58. The second kappa shape index (κ2) is 8.82. The Kier molecular flexibility index (Phi) is 7.77. The highest BCUT2D eigenvalue weighted by Gasteiger charge is 2.39. The lowest BCUT2D eigenvalue weighted by Gasteiger charge is -2.28. The van der Waals surface area contributed by atoms with Gasteiger partial charge in [0.15, 0.2) is 0 Å². The van der Waals surface area contributed by atoms with Crippen LogP contribution in [0.3, 0.4) is 0 Å². The fourth-order valence-electron chi connectivity index (χ4n) is 1.94. The smallest absolute Gasteiger partial charge is 0.374 e. The highest BCUT2D eigenvalue weighted by molar-refractivity contribution is 7.09. The largest absolute Gasteiger partial charge is 0.500 e. The van der Waals surface area contributed by atoms with Gasteiger partial charge in [-0.25, -0.2) is 0 Å². The summed E-state index contributed by atoms with van der Waals surface area (Å²) in [6.45, 7) is 7.97. The molecule has 0 aliphatic rings. The summed E-state index contributed by atoms with van der Waals surface area (Å²) in [5, 5.41) is 2.12. The molecule has 0 N–H and O–H groups in total. The van der Waals surface area contributed by atoms with Crippen molar-refractivity contribution in [3.8, 4) is 0 Å². The van der Waals surface area contributed by atoms with E-state index < -0.39 is 8.80 Å². The Morgan fingerprint density at radius 2 is 1.67 bits per heavy atom. The van der Waals surface area contributed by atoms with Gasteiger partial charge in [-0.2, -0.15) is 0 Å². The van der Waals surface area contributed by atoms with E-state index in [-0.39, 0.29) is 0 Å². The van der Waals surface area contributed by atoms with Crippen LogP contribution >= 0.6 is 11.3 Å². The molecular weight excluding hydrogens is 264 g/mol. The SMILES string of the molecule is CCO[Si](CCCc1cccs1)(OCC)OCC. The van der Waals surface area contributed by atoms with Crippen LogP contribution in [-0.2, 0) is 19.7 Å². The van der Waals surface area contributed by atoms with Gasteiger partial charge >= 0.3 is 8.80 Å². The summed E-state index contributed by atoms with van der Waals surface area (Å²) in [5.41, 5.74) is 0. The van der Waals surface area contributed by atoms with Gasteiger partial charge in [0.2, 0.25) is 0 Å². The van der Waals surface area contributed by atoms with Crippen molar-refractivity contribution < 1.29 is 13.3 Å². The summed E-state index contributed by atoms with van der Waals surface area (Å²) in [6.07, 6.45) is 2.15. The molecule has 0 radical (unpaired) electrons. The van der Waals surface area contributed by atoms with Gasteiger partial charge in [-0.3, -0.25) is 0 Å². The van der Waals surface area contributed by atoms with Gasteiger partial charge in [0, 0.05) is 30.7 Å². The van der Waals surface area contributed by atoms with E-state index in [1.54, 1.807) is 11.3 Å². The van der Waals surface area contributed by atoms with Crippen molar-refractivity contribution in [3.63, 3.8) is 0 Å². The molecule has 1 aromatic heterocycles. The van der Waals surface area contributed by atoms with Crippen LogP contribution in [0.2, 0.25) is 6.04 Å². The maximum atomic E-state index is 5.83. The van der Waals surface area contributed by atoms with Crippen molar-refractivity contribution in [2.75, 3.05) is 19.8 Å². The Bertz CT molecular complexity index is 286. The first-order valence-electron chi connectivity index (χ1n) is 6.70. The van der Waals surface area contributed by atoms with E-state index >= 15 is 0 Å². The topological polar surface area (TPSA) is 27.7 Å². The van der Waals surface area contributed by atoms with Crippen LogP contribution in [0.15, 0.2) is 17.5 Å². The van der Waals surface area contributed by atoms with Gasteiger partial charge in [0.25, 0.3) is 0 Å². The number of hydrogen-bond acceptors (Lipinski definition) is 4. The third kappa shape index (κ3) is 5.20. The molecule has 104 valence electrons. The number of thiophene rings is 1. The number of aryl methyl sites for hydroxylation is 1. The first-order valence-corrected chi connectivity index (χ1v) is 9.51. The summed E-state index contributed by atoms with van der Waals surface area (Å²) >= 11 is 1.81. The minimum Gasteiger partial charge on any atom is -0.374 e. The van der Waals surface area contributed by atoms with Crippen LogP contribution in [0.5, 0.6) is 0 Å². The molecule has 0 aromatic carbocycles. The quantitative estimate of drug-likeness (QED) is 0.614. The Labute approximate surface area is 115 Å². The van der Waals surface area contributed by atoms with Gasteiger partial charge in [-0.05, 0) is 45.1 Å². The van der Waals surface area contributed by atoms with Crippen LogP contribution in [-0.4, -0.2) is 28.6 Å². The average Bonchev–Trinajstić information content (AvgIpc) is 2.83. The second-order valence-electron chi connectivity index (χ2n) is 3.91. The lowest BCUT2D eigenvalue weighted by Crippen LogP contribution is -2.46. The fourth-order valence-corrected chi connectivity index (χ4v) is 5.30. The molecule has 0 aliphatic carbocycles. The lowest BCUT2D eigenvalue weighted by molar-refractivity contribution is 0.0709. The summed E-state index contributed by atoms with van der Waals surface area (Å²) < 4.78 is 17.5. The molecule has 18 heavy (non-hydrogen) atoms. The van der Waals surface area contributed by atoms with Crippen molar-refractivity contribution in [1.29, 1.82) is 0 Å². The molecule has 0 saturated carbocycles. The van der Waals surface area contributed by atoms with Crippen molar-refractivity contribution in [1.82, 2.24) is 0 Å². The van der Waals surface area contributed by atoms with Crippen molar-refractivity contribution >= 4 is 20.1 Å². The molecule has 0 fully saturated rings. The van der Waals surface area contributed by atoms with E-state index in [1.165, 1.54) is 4.88 Å². The van der Waals surface area contributed by atoms with Crippen LogP contribution in [0.25, 0.3) is 0 Å². The second-order valence-corrected chi connectivity index (χ2v) is 7.68. The molecule has 0 bridgehead atoms. The molecule has 5 heteroatoms. The minimum atomic E-state index is -2.42. The maximum absolute atomic E-state index is 5.83. The Morgan fingerprint density at radius 3 is 2.11 bits per heavy atom. The molecule has 0 atom stereocenters. The molecule has 1 rings (SSSR count). The van der Waals surface area contributed by atoms with Gasteiger partial charge in [0.05, 0.1) is 0 Å². The molecule has 0 unspecified atom stereocenters. The normalized spacial score (nSPS) is 11.9. The first-order chi connectivity index (χ1) is 8.76.